The van der Waals surface area contributed by atoms with Gasteiger partial charge < -0.3 is 10.2 Å². The van der Waals surface area contributed by atoms with Gasteiger partial charge in [0.15, 0.2) is 0 Å². The molecule has 8 heteroatoms. The van der Waals surface area contributed by atoms with Crippen molar-refractivity contribution in [3.63, 3.8) is 0 Å². The largest absolute Gasteiger partial charge is 0.421 e. The summed E-state index contributed by atoms with van der Waals surface area (Å²) in [5.74, 6) is -0.142. The standard InChI is InChI=1S/C18H14BrF3N4/c1-26(14-5-3-2-4-6-14)17-23-11-15(18(20,21)22)16(25-17)24-13-9-7-12(19)8-10-13/h2-11H,1H3,(H,23,24,25). The number of hydrogen-bond donors (Lipinski definition) is 1. The number of nitrogens with one attached hydrogen (secondary N) is 1. The van der Waals surface area contributed by atoms with Crippen molar-refractivity contribution in [1.82, 2.24) is 9.97 Å². The number of anilines is 4. The predicted octanol–water partition coefficient (Wildman–Crippen LogP) is 5.77. The van der Waals surface area contributed by atoms with Gasteiger partial charge in [-0.1, -0.05) is 34.1 Å². The smallest absolute Gasteiger partial charge is 0.340 e. The molecule has 0 bridgehead atoms. The highest BCUT2D eigenvalue weighted by molar-refractivity contribution is 9.10. The summed E-state index contributed by atoms with van der Waals surface area (Å²) in [4.78, 5) is 9.61. The average Bonchev–Trinajstić information content (AvgIpc) is 2.63. The van der Waals surface area contributed by atoms with Crippen LogP contribution in [0.2, 0.25) is 0 Å². The molecule has 1 N–H and O–H groups in total. The Labute approximate surface area is 156 Å². The van der Waals surface area contributed by atoms with Crippen LogP contribution < -0.4 is 10.2 Å². The Balaban J connectivity index is 2.00. The molecule has 0 unspecified atom stereocenters. The summed E-state index contributed by atoms with van der Waals surface area (Å²) in [6, 6.07) is 15.9. The molecule has 3 aromatic rings. The van der Waals surface area contributed by atoms with Gasteiger partial charge in [-0.25, -0.2) is 4.98 Å². The fourth-order valence-corrected chi connectivity index (χ4v) is 2.54. The Morgan fingerprint density at radius 3 is 2.27 bits per heavy atom. The summed E-state index contributed by atoms with van der Waals surface area (Å²) in [7, 11) is 1.70. The monoisotopic (exact) mass is 422 g/mol. The first-order chi connectivity index (χ1) is 12.3. The highest BCUT2D eigenvalue weighted by Crippen LogP contribution is 2.36. The lowest BCUT2D eigenvalue weighted by Gasteiger charge is -2.20. The van der Waals surface area contributed by atoms with Crippen molar-refractivity contribution in [2.75, 3.05) is 17.3 Å². The Morgan fingerprint density at radius 2 is 1.65 bits per heavy atom. The first kappa shape index (κ1) is 18.2. The van der Waals surface area contributed by atoms with E-state index in [9.17, 15) is 13.2 Å². The summed E-state index contributed by atoms with van der Waals surface area (Å²) in [6.07, 6.45) is -3.77. The van der Waals surface area contributed by atoms with Crippen LogP contribution in [0, 0.1) is 0 Å². The van der Waals surface area contributed by atoms with E-state index in [4.69, 9.17) is 0 Å². The van der Waals surface area contributed by atoms with Gasteiger partial charge >= 0.3 is 6.18 Å². The lowest BCUT2D eigenvalue weighted by Crippen LogP contribution is -2.17. The summed E-state index contributed by atoms with van der Waals surface area (Å²) < 4.78 is 40.8. The number of hydrogen-bond acceptors (Lipinski definition) is 4. The molecular formula is C18H14BrF3N4. The van der Waals surface area contributed by atoms with Crippen LogP contribution in [0.25, 0.3) is 0 Å². The Morgan fingerprint density at radius 1 is 1.00 bits per heavy atom. The number of nitrogens with zero attached hydrogens (tertiary/aromatic N) is 3. The van der Waals surface area contributed by atoms with Crippen molar-refractivity contribution in [3.05, 3.63) is 70.8 Å². The molecule has 1 heterocycles. The van der Waals surface area contributed by atoms with Crippen molar-refractivity contribution in [1.29, 1.82) is 0 Å². The second-order valence-electron chi connectivity index (χ2n) is 5.46. The minimum atomic E-state index is -4.57. The second-order valence-corrected chi connectivity index (χ2v) is 6.37. The zero-order chi connectivity index (χ0) is 18.7. The van der Waals surface area contributed by atoms with E-state index >= 15 is 0 Å². The summed E-state index contributed by atoms with van der Waals surface area (Å²) in [5, 5.41) is 2.73. The maximum Gasteiger partial charge on any atom is 0.421 e. The zero-order valence-electron chi connectivity index (χ0n) is 13.6. The fourth-order valence-electron chi connectivity index (χ4n) is 2.27. The highest BCUT2D eigenvalue weighted by atomic mass is 79.9. The summed E-state index contributed by atoms with van der Waals surface area (Å²) in [5.41, 5.74) is 0.332. The minimum Gasteiger partial charge on any atom is -0.340 e. The number of aromatic nitrogens is 2. The lowest BCUT2D eigenvalue weighted by atomic mass is 10.2. The van der Waals surface area contributed by atoms with E-state index in [0.717, 1.165) is 16.4 Å². The Hall–Kier alpha value is -2.61. The SMILES string of the molecule is CN(c1ccccc1)c1ncc(C(F)(F)F)c(Nc2ccc(Br)cc2)n1. The molecule has 0 fully saturated rings. The molecular weight excluding hydrogens is 409 g/mol. The van der Waals surface area contributed by atoms with Crippen LogP contribution in [0.1, 0.15) is 5.56 Å². The number of rotatable bonds is 4. The Bertz CT molecular complexity index is 883. The van der Waals surface area contributed by atoms with E-state index < -0.39 is 11.7 Å². The summed E-state index contributed by atoms with van der Waals surface area (Å²) in [6.45, 7) is 0. The molecule has 0 radical (unpaired) electrons. The van der Waals surface area contributed by atoms with Gasteiger partial charge in [0.2, 0.25) is 5.95 Å². The van der Waals surface area contributed by atoms with Gasteiger partial charge in [0.1, 0.15) is 11.4 Å². The third-order valence-electron chi connectivity index (χ3n) is 3.63. The number of benzene rings is 2. The third kappa shape index (κ3) is 4.13. The van der Waals surface area contributed by atoms with Crippen LogP contribution in [-0.2, 0) is 6.18 Å². The van der Waals surface area contributed by atoms with Gasteiger partial charge in [0.25, 0.3) is 0 Å². The lowest BCUT2D eigenvalue weighted by molar-refractivity contribution is -0.137. The molecule has 3 rings (SSSR count). The Kier molecular flexibility index (Phi) is 5.13. The van der Waals surface area contributed by atoms with Crippen LogP contribution in [0.15, 0.2) is 65.3 Å². The van der Waals surface area contributed by atoms with Crippen LogP contribution in [0.4, 0.5) is 36.3 Å². The molecule has 0 atom stereocenters. The summed E-state index contributed by atoms with van der Waals surface area (Å²) >= 11 is 3.29. The molecule has 0 aliphatic heterocycles. The van der Waals surface area contributed by atoms with E-state index in [1.807, 2.05) is 30.3 Å². The van der Waals surface area contributed by atoms with Crippen LogP contribution in [0.3, 0.4) is 0 Å². The first-order valence-electron chi connectivity index (χ1n) is 7.60. The van der Waals surface area contributed by atoms with Gasteiger partial charge in [0, 0.05) is 29.1 Å². The van der Waals surface area contributed by atoms with Crippen molar-refractivity contribution in [3.8, 4) is 0 Å². The van der Waals surface area contributed by atoms with Crippen LogP contribution in [-0.4, -0.2) is 17.0 Å². The number of para-hydroxylation sites is 1. The predicted molar refractivity (Wildman–Crippen MR) is 99.0 cm³/mol. The quantitative estimate of drug-likeness (QED) is 0.579. The first-order valence-corrected chi connectivity index (χ1v) is 8.39. The number of alkyl halides is 3. The van der Waals surface area contributed by atoms with Crippen molar-refractivity contribution in [2.24, 2.45) is 0 Å². The molecule has 0 aliphatic carbocycles. The van der Waals surface area contributed by atoms with E-state index in [1.54, 1.807) is 36.2 Å². The molecule has 26 heavy (non-hydrogen) atoms. The van der Waals surface area contributed by atoms with Crippen molar-refractivity contribution >= 4 is 39.1 Å². The topological polar surface area (TPSA) is 41.1 Å². The highest BCUT2D eigenvalue weighted by Gasteiger charge is 2.35. The molecule has 0 amide bonds. The van der Waals surface area contributed by atoms with Crippen LogP contribution in [0.5, 0.6) is 0 Å². The van der Waals surface area contributed by atoms with Gasteiger partial charge in [-0.15, -0.1) is 0 Å². The van der Waals surface area contributed by atoms with Gasteiger partial charge in [-0.3, -0.25) is 0 Å². The van der Waals surface area contributed by atoms with E-state index in [-0.39, 0.29) is 11.8 Å². The molecule has 2 aromatic carbocycles. The normalized spacial score (nSPS) is 11.3. The van der Waals surface area contributed by atoms with E-state index in [1.165, 1.54) is 0 Å². The van der Waals surface area contributed by atoms with Gasteiger partial charge in [-0.05, 0) is 36.4 Å². The molecule has 0 saturated carbocycles. The minimum absolute atomic E-state index is 0.156. The molecule has 0 saturated heterocycles. The van der Waals surface area contributed by atoms with Crippen molar-refractivity contribution in [2.45, 2.75) is 6.18 Å². The van der Waals surface area contributed by atoms with Gasteiger partial charge in [-0.2, -0.15) is 18.2 Å². The van der Waals surface area contributed by atoms with Crippen molar-refractivity contribution < 1.29 is 13.2 Å². The molecule has 1 aromatic heterocycles. The maximum absolute atomic E-state index is 13.3. The molecule has 0 aliphatic rings. The second kappa shape index (κ2) is 7.33. The van der Waals surface area contributed by atoms with E-state index in [0.29, 0.717) is 5.69 Å². The average molecular weight is 423 g/mol. The fraction of sp³-hybridized carbons (Fsp3) is 0.111. The maximum atomic E-state index is 13.3. The van der Waals surface area contributed by atoms with Gasteiger partial charge in [0.05, 0.1) is 0 Å². The van der Waals surface area contributed by atoms with Crippen LogP contribution >= 0.6 is 15.9 Å². The third-order valence-corrected chi connectivity index (χ3v) is 4.16. The molecule has 0 spiro atoms. The molecule has 4 nitrogen and oxygen atoms in total. The zero-order valence-corrected chi connectivity index (χ0v) is 15.2. The number of halogens is 4. The van der Waals surface area contributed by atoms with E-state index in [2.05, 4.69) is 31.2 Å². The molecule has 134 valence electrons.